The van der Waals surface area contributed by atoms with E-state index in [1.54, 1.807) is 11.8 Å². The smallest absolute Gasteiger partial charge is 0.271 e. The Morgan fingerprint density at radius 3 is 2.63 bits per heavy atom. The van der Waals surface area contributed by atoms with Crippen LogP contribution in [0.15, 0.2) is 34.0 Å². The Kier molecular flexibility index (Phi) is 7.05. The highest BCUT2D eigenvalue weighted by Gasteiger charge is 2.24. The highest BCUT2D eigenvalue weighted by Crippen LogP contribution is 2.17. The monoisotopic (exact) mass is 274 g/mol. The molecule has 19 heavy (non-hydrogen) atoms. The van der Waals surface area contributed by atoms with Crippen LogP contribution in [0.1, 0.15) is 6.92 Å². The molecule has 0 unspecified atom stereocenters. The van der Waals surface area contributed by atoms with Crippen molar-refractivity contribution in [2.24, 2.45) is 9.98 Å². The van der Waals surface area contributed by atoms with Crippen molar-refractivity contribution in [3.8, 4) is 5.97 Å². The van der Waals surface area contributed by atoms with Gasteiger partial charge in [-0.1, -0.05) is 23.9 Å². The van der Waals surface area contributed by atoms with Gasteiger partial charge < -0.3 is 4.90 Å². The molecule has 0 atom stereocenters. The second kappa shape index (κ2) is 8.60. The minimum atomic E-state index is 0.190. The van der Waals surface area contributed by atoms with E-state index in [1.807, 2.05) is 31.4 Å². The van der Waals surface area contributed by atoms with E-state index in [4.69, 9.17) is 5.26 Å². The van der Waals surface area contributed by atoms with Crippen LogP contribution in [0, 0.1) is 11.2 Å². The molecule has 0 saturated carbocycles. The fraction of sp³-hybridized carbons (Fsp3) is 0.462. The Hall–Kier alpha value is -1.48. The molecule has 0 aromatic rings. The van der Waals surface area contributed by atoms with Gasteiger partial charge in [0.2, 0.25) is 0 Å². The Morgan fingerprint density at radius 1 is 1.47 bits per heavy atom. The van der Waals surface area contributed by atoms with Gasteiger partial charge in [-0.15, -0.1) is 0 Å². The summed E-state index contributed by atoms with van der Waals surface area (Å²) in [6.45, 7) is 7.44. The number of nitriles is 1. The Balaban J connectivity index is 2.77. The van der Waals surface area contributed by atoms with E-state index in [0.717, 1.165) is 30.9 Å². The van der Waals surface area contributed by atoms with E-state index < -0.39 is 0 Å². The summed E-state index contributed by atoms with van der Waals surface area (Å²) in [6, 6.07) is 0. The minimum Gasteiger partial charge on any atom is -0.352 e. The second-order valence-electron chi connectivity index (χ2n) is 4.20. The van der Waals surface area contributed by atoms with Crippen LogP contribution in [0.25, 0.3) is 0 Å². The molecule has 0 amide bonds. The lowest BCUT2D eigenvalue weighted by atomic mass is 9.45. The molecule has 100 valence electrons. The van der Waals surface area contributed by atoms with Crippen molar-refractivity contribution in [3.63, 3.8) is 0 Å². The number of amidine groups is 1. The summed E-state index contributed by atoms with van der Waals surface area (Å²) in [6.07, 6.45) is 9.49. The van der Waals surface area contributed by atoms with Gasteiger partial charge in [0, 0.05) is 19.1 Å². The summed E-state index contributed by atoms with van der Waals surface area (Å²) in [7, 11) is 0. The molecule has 0 radical (unpaired) electrons. The van der Waals surface area contributed by atoms with Gasteiger partial charge in [-0.05, 0) is 38.6 Å². The molecule has 1 aliphatic rings. The van der Waals surface area contributed by atoms with Crippen molar-refractivity contribution >= 4 is 30.4 Å². The quantitative estimate of drug-likeness (QED) is 0.344. The van der Waals surface area contributed by atoms with Crippen molar-refractivity contribution in [1.29, 1.82) is 5.26 Å². The molecule has 1 rings (SSSR count). The van der Waals surface area contributed by atoms with Crippen LogP contribution in [-0.4, -0.2) is 42.8 Å². The first-order valence-electron chi connectivity index (χ1n) is 6.32. The third-order valence-corrected chi connectivity index (χ3v) is 3.66. The van der Waals surface area contributed by atoms with Crippen molar-refractivity contribution in [2.75, 3.05) is 19.3 Å². The number of allylic oxidation sites excluding steroid dienone is 3. The fourth-order valence-electron chi connectivity index (χ4n) is 1.85. The highest BCUT2D eigenvalue weighted by molar-refractivity contribution is 8.13. The molecule has 6 heteroatoms. The maximum absolute atomic E-state index is 8.91. The Morgan fingerprint density at radius 2 is 2.16 bits per heavy atom. The lowest BCUT2D eigenvalue weighted by Crippen LogP contribution is -2.39. The second-order valence-corrected chi connectivity index (χ2v) is 4.97. The van der Waals surface area contributed by atoms with Gasteiger partial charge >= 0.3 is 0 Å². The number of rotatable bonds is 3. The zero-order valence-electron chi connectivity index (χ0n) is 11.5. The number of nitrogens with zero attached hydrogens (tertiary/aromatic N) is 4. The molecular weight excluding hydrogens is 255 g/mol. The van der Waals surface area contributed by atoms with Gasteiger partial charge in [0.25, 0.3) is 6.71 Å². The SMILES string of the molecule is C=NC(=C\C=C/C)/N=C(/SC)N1CCB(C#N)CC1. The van der Waals surface area contributed by atoms with Crippen LogP contribution in [0.4, 0.5) is 0 Å². The molecule has 0 N–H and O–H groups in total. The summed E-state index contributed by atoms with van der Waals surface area (Å²) in [5, 5.41) is 9.85. The lowest BCUT2D eigenvalue weighted by Gasteiger charge is -2.29. The maximum Gasteiger partial charge on any atom is 0.271 e. The molecule has 4 nitrogen and oxygen atoms in total. The van der Waals surface area contributed by atoms with Gasteiger partial charge in [-0.25, -0.2) is 15.2 Å². The molecular formula is C13H19BN4S. The molecule has 0 aliphatic carbocycles. The molecule has 0 bridgehead atoms. The predicted molar refractivity (Wildman–Crippen MR) is 86.0 cm³/mol. The third-order valence-electron chi connectivity index (χ3n) is 2.94. The molecule has 1 aliphatic heterocycles. The van der Waals surface area contributed by atoms with Crippen LogP contribution >= 0.6 is 11.8 Å². The van der Waals surface area contributed by atoms with Gasteiger partial charge in [0.1, 0.15) is 0 Å². The van der Waals surface area contributed by atoms with Crippen LogP contribution in [0.3, 0.4) is 0 Å². The molecule has 1 saturated heterocycles. The number of thioether (sulfide) groups is 1. The van der Waals surface area contributed by atoms with E-state index in [0.29, 0.717) is 5.82 Å². The standard InChI is InChI=1S/C13H19BN4S/c1-4-5-6-12(16-2)17-13(19-3)18-9-7-14(11-15)8-10-18/h4-6H,2,7-10H2,1,3H3/b5-4-,12-6+,17-13+. The summed E-state index contributed by atoms with van der Waals surface area (Å²) < 4.78 is 0. The summed E-state index contributed by atoms with van der Waals surface area (Å²) in [5.74, 6) is 2.95. The van der Waals surface area contributed by atoms with Crippen LogP contribution in [0.2, 0.25) is 12.6 Å². The number of hydrogen-bond donors (Lipinski definition) is 0. The normalized spacial score (nSPS) is 17.7. The van der Waals surface area contributed by atoms with Gasteiger partial charge in [0.15, 0.2) is 11.0 Å². The van der Waals surface area contributed by atoms with E-state index in [9.17, 15) is 0 Å². The first-order valence-corrected chi connectivity index (χ1v) is 7.54. The Labute approximate surface area is 120 Å². The zero-order chi connectivity index (χ0) is 14.1. The van der Waals surface area contributed by atoms with Crippen LogP contribution < -0.4 is 0 Å². The molecule has 0 spiro atoms. The summed E-state index contributed by atoms with van der Waals surface area (Å²) in [4.78, 5) is 10.7. The first kappa shape index (κ1) is 15.6. The van der Waals surface area contributed by atoms with Crippen molar-refractivity contribution in [3.05, 3.63) is 24.0 Å². The topological polar surface area (TPSA) is 51.8 Å². The zero-order valence-corrected chi connectivity index (χ0v) is 12.4. The Bertz CT molecular complexity index is 428. The fourth-order valence-corrected chi connectivity index (χ4v) is 2.48. The minimum absolute atomic E-state index is 0.190. The van der Waals surface area contributed by atoms with E-state index in [1.165, 1.54) is 0 Å². The molecule has 0 aromatic carbocycles. The predicted octanol–water partition coefficient (Wildman–Crippen LogP) is 2.70. The van der Waals surface area contributed by atoms with E-state index in [-0.39, 0.29) is 6.71 Å². The van der Waals surface area contributed by atoms with Crippen molar-refractivity contribution in [2.45, 2.75) is 19.6 Å². The average molecular weight is 274 g/mol. The molecule has 1 fully saturated rings. The summed E-state index contributed by atoms with van der Waals surface area (Å²) >= 11 is 1.60. The first-order chi connectivity index (χ1) is 9.24. The van der Waals surface area contributed by atoms with Gasteiger partial charge in [-0.2, -0.15) is 0 Å². The van der Waals surface area contributed by atoms with E-state index >= 15 is 0 Å². The average Bonchev–Trinajstić information content (AvgIpc) is 2.48. The van der Waals surface area contributed by atoms with Crippen molar-refractivity contribution < 1.29 is 0 Å². The van der Waals surface area contributed by atoms with Crippen molar-refractivity contribution in [1.82, 2.24) is 4.90 Å². The largest absolute Gasteiger partial charge is 0.352 e. The number of aliphatic imine (C=N–C) groups is 2. The van der Waals surface area contributed by atoms with Crippen LogP contribution in [0.5, 0.6) is 0 Å². The van der Waals surface area contributed by atoms with Crippen LogP contribution in [-0.2, 0) is 0 Å². The molecule has 1 heterocycles. The number of hydrogen-bond acceptors (Lipinski definition) is 4. The highest BCUT2D eigenvalue weighted by atomic mass is 32.2. The lowest BCUT2D eigenvalue weighted by molar-refractivity contribution is 0.455. The maximum atomic E-state index is 8.91. The summed E-state index contributed by atoms with van der Waals surface area (Å²) in [5.41, 5.74) is 0. The third kappa shape index (κ3) is 4.96. The molecule has 0 aromatic heterocycles. The van der Waals surface area contributed by atoms with Gasteiger partial charge in [-0.3, -0.25) is 0 Å². The van der Waals surface area contributed by atoms with Gasteiger partial charge in [0.05, 0.1) is 0 Å². The van der Waals surface area contributed by atoms with E-state index in [2.05, 4.69) is 27.6 Å².